The minimum Gasteiger partial charge on any atom is -0.294 e. The molecule has 0 saturated carbocycles. The van der Waals surface area contributed by atoms with E-state index in [1.165, 1.54) is 34.1 Å². The number of rotatable bonds is 5. The van der Waals surface area contributed by atoms with Crippen molar-refractivity contribution < 1.29 is 4.39 Å². The fourth-order valence-corrected chi connectivity index (χ4v) is 3.37. The highest BCUT2D eigenvalue weighted by Gasteiger charge is 2.15. The number of halogens is 1. The van der Waals surface area contributed by atoms with Crippen LogP contribution in [0.5, 0.6) is 0 Å². The molecule has 24 heavy (non-hydrogen) atoms. The highest BCUT2D eigenvalue weighted by molar-refractivity contribution is 7.16. The van der Waals surface area contributed by atoms with Crippen molar-refractivity contribution in [3.8, 4) is 0 Å². The first-order valence-electron chi connectivity index (χ1n) is 7.82. The van der Waals surface area contributed by atoms with E-state index in [2.05, 4.69) is 15.0 Å². The van der Waals surface area contributed by atoms with Crippen molar-refractivity contribution in [1.82, 2.24) is 19.5 Å². The molecule has 0 fully saturated rings. The van der Waals surface area contributed by atoms with Gasteiger partial charge in [0, 0.05) is 18.7 Å². The molecule has 2 heterocycles. The van der Waals surface area contributed by atoms with Crippen LogP contribution < -0.4 is 5.56 Å². The van der Waals surface area contributed by atoms with E-state index in [0.717, 1.165) is 17.0 Å². The van der Waals surface area contributed by atoms with Crippen LogP contribution in [0.15, 0.2) is 35.1 Å². The summed E-state index contributed by atoms with van der Waals surface area (Å²) in [6, 6.07) is 8.08. The number of hydrogen-bond acceptors (Lipinski definition) is 5. The van der Waals surface area contributed by atoms with Crippen LogP contribution in [0.4, 0.5) is 4.39 Å². The zero-order valence-electron chi connectivity index (χ0n) is 13.9. The summed E-state index contributed by atoms with van der Waals surface area (Å²) in [5.74, 6) is -0.245. The normalized spacial score (nSPS) is 12.9. The van der Waals surface area contributed by atoms with Crippen LogP contribution in [0.2, 0.25) is 0 Å². The zero-order valence-corrected chi connectivity index (χ0v) is 14.7. The third-order valence-corrected chi connectivity index (χ3v) is 5.12. The second-order valence-electron chi connectivity index (χ2n) is 5.77. The van der Waals surface area contributed by atoms with E-state index in [0.29, 0.717) is 17.2 Å². The quantitative estimate of drug-likeness (QED) is 0.712. The maximum absolute atomic E-state index is 13.1. The summed E-state index contributed by atoms with van der Waals surface area (Å²) in [4.78, 5) is 19.4. The first kappa shape index (κ1) is 16.7. The Morgan fingerprint density at radius 3 is 2.71 bits per heavy atom. The molecule has 0 N–H and O–H groups in total. The highest BCUT2D eigenvalue weighted by atomic mass is 32.1. The second kappa shape index (κ2) is 6.78. The number of aromatic nitrogens is 3. The Bertz CT molecular complexity index is 903. The summed E-state index contributed by atoms with van der Waals surface area (Å²) in [5.41, 5.74) is 1.57. The molecule has 126 valence electrons. The first-order valence-corrected chi connectivity index (χ1v) is 8.64. The van der Waals surface area contributed by atoms with E-state index in [9.17, 15) is 9.18 Å². The van der Waals surface area contributed by atoms with Gasteiger partial charge >= 0.3 is 0 Å². The molecule has 0 amide bonds. The monoisotopic (exact) mass is 346 g/mol. The molecule has 2 aromatic heterocycles. The van der Waals surface area contributed by atoms with Gasteiger partial charge < -0.3 is 0 Å². The average molecular weight is 346 g/mol. The molecule has 0 aliphatic heterocycles. The molecule has 0 aliphatic rings. The lowest BCUT2D eigenvalue weighted by atomic mass is 10.1. The molecule has 0 unspecified atom stereocenters. The number of benzene rings is 1. The third-order valence-electron chi connectivity index (χ3n) is 4.07. The van der Waals surface area contributed by atoms with Gasteiger partial charge in [-0.25, -0.2) is 9.37 Å². The van der Waals surface area contributed by atoms with Crippen LogP contribution in [-0.4, -0.2) is 26.5 Å². The average Bonchev–Trinajstić information content (AvgIpc) is 2.98. The molecule has 0 bridgehead atoms. The van der Waals surface area contributed by atoms with Gasteiger partial charge in [-0.1, -0.05) is 30.4 Å². The lowest BCUT2D eigenvalue weighted by Crippen LogP contribution is -2.24. The maximum Gasteiger partial charge on any atom is 0.275 e. The molecule has 0 spiro atoms. The maximum atomic E-state index is 13.1. The van der Waals surface area contributed by atoms with Crippen molar-refractivity contribution in [2.75, 3.05) is 7.05 Å². The molecule has 5 nitrogen and oxygen atoms in total. The molecule has 3 rings (SSSR count). The molecule has 1 aromatic carbocycles. The van der Waals surface area contributed by atoms with E-state index >= 15 is 0 Å². The van der Waals surface area contributed by atoms with Crippen molar-refractivity contribution in [1.29, 1.82) is 0 Å². The van der Waals surface area contributed by atoms with Crippen molar-refractivity contribution in [3.05, 3.63) is 62.8 Å². The number of nitrogens with zero attached hydrogens (tertiary/aromatic N) is 4. The smallest absolute Gasteiger partial charge is 0.275 e. The molecular weight excluding hydrogens is 327 g/mol. The summed E-state index contributed by atoms with van der Waals surface area (Å²) in [5, 5.41) is 5.15. The molecule has 1 atom stereocenters. The standard InChI is InChI=1S/C17H19FN4OS/c1-4-15-20-22-16(23)9-14(19-17(22)24-15)10-21(3)11(2)12-5-7-13(18)8-6-12/h5-9,11H,4,10H2,1-3H3/t11-/m0/s1. The second-order valence-corrected chi connectivity index (χ2v) is 6.81. The predicted molar refractivity (Wildman–Crippen MR) is 92.8 cm³/mol. The van der Waals surface area contributed by atoms with Crippen LogP contribution in [0, 0.1) is 5.82 Å². The van der Waals surface area contributed by atoms with Gasteiger partial charge in [-0.3, -0.25) is 9.69 Å². The van der Waals surface area contributed by atoms with Crippen LogP contribution in [-0.2, 0) is 13.0 Å². The SMILES string of the molecule is CCc1nn2c(=O)cc(CN(C)[C@@H](C)c3ccc(F)cc3)nc2s1. The minimum absolute atomic E-state index is 0.0820. The molecule has 3 aromatic rings. The van der Waals surface area contributed by atoms with Crippen molar-refractivity contribution >= 4 is 16.3 Å². The summed E-state index contributed by atoms with van der Waals surface area (Å²) < 4.78 is 14.4. The summed E-state index contributed by atoms with van der Waals surface area (Å²) in [6.45, 7) is 4.58. The first-order chi connectivity index (χ1) is 11.5. The van der Waals surface area contributed by atoms with Crippen LogP contribution >= 0.6 is 11.3 Å². The molecule has 0 radical (unpaired) electrons. The van der Waals surface area contributed by atoms with Crippen molar-refractivity contribution in [2.24, 2.45) is 0 Å². The fourth-order valence-electron chi connectivity index (χ4n) is 2.51. The Balaban J connectivity index is 1.83. The van der Waals surface area contributed by atoms with Crippen molar-refractivity contribution in [2.45, 2.75) is 32.9 Å². The Hall–Kier alpha value is -2.12. The summed E-state index contributed by atoms with van der Waals surface area (Å²) >= 11 is 1.44. The van der Waals surface area contributed by atoms with E-state index in [1.807, 2.05) is 20.9 Å². The van der Waals surface area contributed by atoms with Crippen molar-refractivity contribution in [3.63, 3.8) is 0 Å². The third kappa shape index (κ3) is 3.37. The number of fused-ring (bicyclic) bond motifs is 1. The fraction of sp³-hybridized carbons (Fsp3) is 0.353. The van der Waals surface area contributed by atoms with Crippen LogP contribution in [0.25, 0.3) is 4.96 Å². The molecular formula is C17H19FN4OS. The molecule has 0 aliphatic carbocycles. The Morgan fingerprint density at radius 2 is 2.04 bits per heavy atom. The Morgan fingerprint density at radius 1 is 1.33 bits per heavy atom. The molecule has 7 heteroatoms. The van der Waals surface area contributed by atoms with Gasteiger partial charge in [-0.15, -0.1) is 0 Å². The van der Waals surface area contributed by atoms with Gasteiger partial charge in [0.25, 0.3) is 5.56 Å². The van der Waals surface area contributed by atoms with Gasteiger partial charge in [0.1, 0.15) is 10.8 Å². The van der Waals surface area contributed by atoms with E-state index < -0.39 is 0 Å². The largest absolute Gasteiger partial charge is 0.294 e. The number of aryl methyl sites for hydroxylation is 1. The predicted octanol–water partition coefficient (Wildman–Crippen LogP) is 3.05. The van der Waals surface area contributed by atoms with E-state index in [4.69, 9.17) is 0 Å². The lowest BCUT2D eigenvalue weighted by molar-refractivity contribution is 0.250. The van der Waals surface area contributed by atoms with Gasteiger partial charge in [-0.2, -0.15) is 9.61 Å². The zero-order chi connectivity index (χ0) is 17.3. The van der Waals surface area contributed by atoms with Gasteiger partial charge in [-0.05, 0) is 38.1 Å². The van der Waals surface area contributed by atoms with Crippen LogP contribution in [0.3, 0.4) is 0 Å². The van der Waals surface area contributed by atoms with Gasteiger partial charge in [0.2, 0.25) is 4.96 Å². The Kier molecular flexibility index (Phi) is 4.73. The minimum atomic E-state index is -0.245. The van der Waals surface area contributed by atoms with Gasteiger partial charge in [0.05, 0.1) is 5.69 Å². The van der Waals surface area contributed by atoms with E-state index in [1.54, 1.807) is 12.1 Å². The summed E-state index contributed by atoms with van der Waals surface area (Å²) in [7, 11) is 1.96. The van der Waals surface area contributed by atoms with E-state index in [-0.39, 0.29) is 17.4 Å². The Labute approximate surface area is 143 Å². The summed E-state index contributed by atoms with van der Waals surface area (Å²) in [6.07, 6.45) is 0.782. The topological polar surface area (TPSA) is 50.5 Å². The highest BCUT2D eigenvalue weighted by Crippen LogP contribution is 2.21. The lowest BCUT2D eigenvalue weighted by Gasteiger charge is -2.24. The van der Waals surface area contributed by atoms with Crippen LogP contribution in [0.1, 0.15) is 36.2 Å². The number of hydrogen-bond donors (Lipinski definition) is 0. The molecule has 0 saturated heterocycles. The van der Waals surface area contributed by atoms with Gasteiger partial charge in [0.15, 0.2) is 0 Å².